The Morgan fingerprint density at radius 2 is 1.90 bits per heavy atom. The van der Waals surface area contributed by atoms with Gasteiger partial charge in [0.25, 0.3) is 0 Å². The number of nitrogens with zero attached hydrogens (tertiary/aromatic N) is 3. The van der Waals surface area contributed by atoms with Gasteiger partial charge in [-0.3, -0.25) is 14.6 Å². The first-order valence-electron chi connectivity index (χ1n) is 10.9. The van der Waals surface area contributed by atoms with Crippen LogP contribution in [0.2, 0.25) is 0 Å². The Balaban J connectivity index is 1.46. The Bertz CT molecular complexity index is 671. The molecule has 0 bridgehead atoms. The predicted octanol–water partition coefficient (Wildman–Crippen LogP) is 0.394. The van der Waals surface area contributed by atoms with Crippen molar-refractivity contribution < 1.29 is 19.4 Å². The molecule has 2 aliphatic rings. The van der Waals surface area contributed by atoms with Crippen molar-refractivity contribution in [3.8, 4) is 11.5 Å². The molecule has 1 atom stereocenters. The van der Waals surface area contributed by atoms with Crippen LogP contribution in [0.3, 0.4) is 0 Å². The van der Waals surface area contributed by atoms with E-state index in [4.69, 9.17) is 9.47 Å². The molecule has 1 amide bonds. The number of rotatable bonds is 8. The fourth-order valence-corrected chi connectivity index (χ4v) is 4.03. The van der Waals surface area contributed by atoms with Gasteiger partial charge in [0.1, 0.15) is 12.7 Å². The van der Waals surface area contributed by atoms with Gasteiger partial charge in [0.2, 0.25) is 5.91 Å². The van der Waals surface area contributed by atoms with Gasteiger partial charge in [-0.05, 0) is 37.2 Å². The third kappa shape index (κ3) is 6.84. The van der Waals surface area contributed by atoms with Crippen molar-refractivity contribution in [3.05, 3.63) is 23.8 Å². The van der Waals surface area contributed by atoms with E-state index < -0.39 is 6.10 Å². The van der Waals surface area contributed by atoms with Crippen LogP contribution in [0.25, 0.3) is 0 Å². The lowest BCUT2D eigenvalue weighted by molar-refractivity contribution is -0.130. The Kier molecular flexibility index (Phi) is 8.74. The van der Waals surface area contributed by atoms with Crippen molar-refractivity contribution in [2.45, 2.75) is 26.0 Å². The molecule has 0 saturated carbocycles. The van der Waals surface area contributed by atoms with Crippen LogP contribution >= 0.6 is 0 Å². The molecule has 2 saturated heterocycles. The minimum Gasteiger partial charge on any atom is -0.493 e. The van der Waals surface area contributed by atoms with Crippen LogP contribution in [0, 0.1) is 0 Å². The number of methoxy groups -OCH3 is 1. The standard InChI is InChI=1S/C22H36N4O4/c1-18(27)26-12-10-25(11-13-26)16-20(28)17-30-21-5-4-19(14-22(21)29-2)15-24-8-3-6-23-7-9-24/h4-5,14,20,23,28H,3,6-13,15-17H2,1-2H3. The molecule has 0 radical (unpaired) electrons. The summed E-state index contributed by atoms with van der Waals surface area (Å²) in [5, 5.41) is 13.8. The van der Waals surface area contributed by atoms with E-state index in [1.165, 1.54) is 12.0 Å². The van der Waals surface area contributed by atoms with Crippen molar-refractivity contribution in [1.29, 1.82) is 0 Å². The normalized spacial score (nSPS) is 19.9. The highest BCUT2D eigenvalue weighted by Crippen LogP contribution is 2.29. The van der Waals surface area contributed by atoms with Gasteiger partial charge < -0.3 is 24.8 Å². The third-order valence-corrected chi connectivity index (χ3v) is 5.78. The van der Waals surface area contributed by atoms with E-state index in [0.29, 0.717) is 31.1 Å². The maximum Gasteiger partial charge on any atom is 0.219 e. The van der Waals surface area contributed by atoms with Gasteiger partial charge in [-0.2, -0.15) is 0 Å². The molecule has 8 heteroatoms. The first-order valence-corrected chi connectivity index (χ1v) is 10.9. The molecule has 0 aliphatic carbocycles. The number of aliphatic hydroxyl groups is 1. The minimum absolute atomic E-state index is 0.113. The van der Waals surface area contributed by atoms with Gasteiger partial charge in [0.05, 0.1) is 7.11 Å². The van der Waals surface area contributed by atoms with Crippen molar-refractivity contribution in [2.75, 3.05) is 72.6 Å². The molecule has 8 nitrogen and oxygen atoms in total. The van der Waals surface area contributed by atoms with Gasteiger partial charge in [-0.15, -0.1) is 0 Å². The summed E-state index contributed by atoms with van der Waals surface area (Å²) >= 11 is 0. The molecule has 30 heavy (non-hydrogen) atoms. The molecule has 0 aromatic heterocycles. The number of carbonyl (C=O) groups excluding carboxylic acids is 1. The van der Waals surface area contributed by atoms with Gasteiger partial charge in [0, 0.05) is 59.3 Å². The molecule has 2 aliphatic heterocycles. The zero-order valence-corrected chi connectivity index (χ0v) is 18.3. The molecule has 1 aromatic rings. The summed E-state index contributed by atoms with van der Waals surface area (Å²) in [6.45, 7) is 10.5. The van der Waals surface area contributed by atoms with E-state index in [-0.39, 0.29) is 12.5 Å². The summed E-state index contributed by atoms with van der Waals surface area (Å²) in [6.07, 6.45) is 0.572. The van der Waals surface area contributed by atoms with Gasteiger partial charge in [0.15, 0.2) is 11.5 Å². The van der Waals surface area contributed by atoms with Crippen LogP contribution in [-0.2, 0) is 11.3 Å². The van der Waals surface area contributed by atoms with Crippen molar-refractivity contribution in [1.82, 2.24) is 20.0 Å². The fourth-order valence-electron chi connectivity index (χ4n) is 4.03. The molecule has 2 N–H and O–H groups in total. The minimum atomic E-state index is -0.595. The van der Waals surface area contributed by atoms with Crippen molar-refractivity contribution in [3.63, 3.8) is 0 Å². The molecular formula is C22H36N4O4. The number of piperazine rings is 1. The summed E-state index contributed by atoms with van der Waals surface area (Å²) in [4.78, 5) is 17.9. The van der Waals surface area contributed by atoms with Crippen molar-refractivity contribution >= 4 is 5.91 Å². The largest absolute Gasteiger partial charge is 0.493 e. The zero-order chi connectivity index (χ0) is 21.3. The molecule has 1 aromatic carbocycles. The number of hydrogen-bond acceptors (Lipinski definition) is 7. The third-order valence-electron chi connectivity index (χ3n) is 5.78. The van der Waals surface area contributed by atoms with Crippen LogP contribution in [0.1, 0.15) is 18.9 Å². The number of benzene rings is 1. The molecule has 3 rings (SSSR count). The Morgan fingerprint density at radius 3 is 2.63 bits per heavy atom. The number of aliphatic hydroxyl groups excluding tert-OH is 1. The lowest BCUT2D eigenvalue weighted by Gasteiger charge is -2.35. The second kappa shape index (κ2) is 11.5. The first-order chi connectivity index (χ1) is 14.5. The van der Waals surface area contributed by atoms with E-state index in [1.54, 1.807) is 14.0 Å². The van der Waals surface area contributed by atoms with Crippen LogP contribution in [0.4, 0.5) is 0 Å². The molecule has 168 valence electrons. The number of nitrogens with one attached hydrogen (secondary N) is 1. The van der Waals surface area contributed by atoms with Gasteiger partial charge in [-0.25, -0.2) is 0 Å². The number of hydrogen-bond donors (Lipinski definition) is 2. The maximum atomic E-state index is 11.4. The fraction of sp³-hybridized carbons (Fsp3) is 0.682. The van der Waals surface area contributed by atoms with Gasteiger partial charge >= 0.3 is 0 Å². The number of ether oxygens (including phenoxy) is 2. The van der Waals surface area contributed by atoms with E-state index in [9.17, 15) is 9.90 Å². The second-order valence-corrected chi connectivity index (χ2v) is 8.14. The lowest BCUT2D eigenvalue weighted by atomic mass is 10.2. The second-order valence-electron chi connectivity index (χ2n) is 8.14. The summed E-state index contributed by atoms with van der Waals surface area (Å²) in [6, 6.07) is 6.03. The van der Waals surface area contributed by atoms with Gasteiger partial charge in [-0.1, -0.05) is 6.07 Å². The SMILES string of the molecule is COc1cc(CN2CCCNCC2)ccc1OCC(O)CN1CCN(C(C)=O)CC1. The monoisotopic (exact) mass is 420 g/mol. The van der Waals surface area contributed by atoms with E-state index >= 15 is 0 Å². The van der Waals surface area contributed by atoms with Crippen LogP contribution < -0.4 is 14.8 Å². The highest BCUT2D eigenvalue weighted by atomic mass is 16.5. The quantitative estimate of drug-likeness (QED) is 0.630. The smallest absolute Gasteiger partial charge is 0.219 e. The number of β-amino-alcohol motifs (C(OH)–C–C–N with tert-alkyl or cyclic N) is 1. The van der Waals surface area contributed by atoms with E-state index in [1.807, 2.05) is 17.0 Å². The molecule has 0 spiro atoms. The van der Waals surface area contributed by atoms with Crippen molar-refractivity contribution in [2.24, 2.45) is 0 Å². The summed E-state index contributed by atoms with van der Waals surface area (Å²) < 4.78 is 11.4. The van der Waals surface area contributed by atoms with Crippen LogP contribution in [0.15, 0.2) is 18.2 Å². The summed E-state index contributed by atoms with van der Waals surface area (Å²) in [5.74, 6) is 1.46. The zero-order valence-electron chi connectivity index (χ0n) is 18.3. The Labute approximate surface area is 179 Å². The topological polar surface area (TPSA) is 77.5 Å². The lowest BCUT2D eigenvalue weighted by Crippen LogP contribution is -2.50. The molecule has 2 heterocycles. The summed E-state index contributed by atoms with van der Waals surface area (Å²) in [5.41, 5.74) is 1.20. The predicted molar refractivity (Wildman–Crippen MR) is 116 cm³/mol. The highest BCUT2D eigenvalue weighted by molar-refractivity contribution is 5.73. The number of carbonyl (C=O) groups is 1. The Hall–Kier alpha value is -1.87. The van der Waals surface area contributed by atoms with E-state index in [2.05, 4.69) is 21.2 Å². The van der Waals surface area contributed by atoms with E-state index in [0.717, 1.165) is 45.8 Å². The molecular weight excluding hydrogens is 384 g/mol. The van der Waals surface area contributed by atoms with Crippen LogP contribution in [0.5, 0.6) is 11.5 Å². The molecule has 1 unspecified atom stereocenters. The first kappa shape index (κ1) is 22.8. The average molecular weight is 421 g/mol. The highest BCUT2D eigenvalue weighted by Gasteiger charge is 2.21. The van der Waals surface area contributed by atoms with Crippen LogP contribution in [-0.4, -0.2) is 104 Å². The average Bonchev–Trinajstić information content (AvgIpc) is 3.01. The Morgan fingerprint density at radius 1 is 1.10 bits per heavy atom. The summed E-state index contributed by atoms with van der Waals surface area (Å²) in [7, 11) is 1.65. The molecule has 2 fully saturated rings. The maximum absolute atomic E-state index is 11.4. The number of amides is 1.